The predicted octanol–water partition coefficient (Wildman–Crippen LogP) is 5.91. The number of hydrogen-bond acceptors (Lipinski definition) is 5. The average Bonchev–Trinajstić information content (AvgIpc) is 3.18. The number of carbonyl (C=O) groups is 2. The highest BCUT2D eigenvalue weighted by Gasteiger charge is 2.47. The van der Waals surface area contributed by atoms with Crippen LogP contribution in [0.5, 0.6) is 5.75 Å². The van der Waals surface area contributed by atoms with Crippen LogP contribution in [-0.2, 0) is 16.0 Å². The number of carbonyl (C=O) groups excluding carboxylic acids is 2. The van der Waals surface area contributed by atoms with Gasteiger partial charge in [-0.15, -0.1) is 0 Å². The maximum atomic E-state index is 13.4. The molecule has 2 aromatic carbocycles. The summed E-state index contributed by atoms with van der Waals surface area (Å²) in [7, 11) is -2.11. The Balaban J connectivity index is 1.80. The molecular formula is C28H39NO5Si. The molecule has 0 aromatic heterocycles. The van der Waals surface area contributed by atoms with E-state index in [1.807, 2.05) is 54.6 Å². The highest BCUT2D eigenvalue weighted by Crippen LogP contribution is 2.42. The standard InChI is InChI=1S/C28H39NO5Si/c1-19(2)35(20(3)4,21(5)6)34-25-14-12-23(13-15-25)26(17-30)27(31)29-24(18-33-28(29)32)16-22-10-8-7-9-11-22/h7-15,19-21,24,26,30H,16-18H2,1-6H3/t24-,26-/m1/s1. The molecule has 3 rings (SSSR count). The molecule has 7 heteroatoms. The van der Waals surface area contributed by atoms with E-state index in [2.05, 4.69) is 41.5 Å². The Morgan fingerprint density at radius 2 is 1.57 bits per heavy atom. The predicted molar refractivity (Wildman–Crippen MR) is 140 cm³/mol. The molecule has 1 aliphatic rings. The molecule has 0 unspecified atom stereocenters. The summed E-state index contributed by atoms with van der Waals surface area (Å²) in [5.41, 5.74) is 2.99. The Morgan fingerprint density at radius 3 is 2.09 bits per heavy atom. The van der Waals surface area contributed by atoms with Crippen molar-refractivity contribution in [1.82, 2.24) is 4.90 Å². The number of aliphatic hydroxyl groups excluding tert-OH is 1. The summed E-state index contributed by atoms with van der Waals surface area (Å²) in [6.45, 7) is 13.2. The van der Waals surface area contributed by atoms with E-state index >= 15 is 0 Å². The normalized spacial score (nSPS) is 17.3. The van der Waals surface area contributed by atoms with E-state index in [1.165, 1.54) is 4.90 Å². The molecule has 0 saturated carbocycles. The van der Waals surface area contributed by atoms with Crippen molar-refractivity contribution in [3.8, 4) is 5.75 Å². The molecule has 1 aliphatic heterocycles. The van der Waals surface area contributed by atoms with Crippen molar-refractivity contribution >= 4 is 20.3 Å². The average molecular weight is 498 g/mol. The maximum absolute atomic E-state index is 13.4. The van der Waals surface area contributed by atoms with Crippen molar-refractivity contribution in [2.45, 2.75) is 76.5 Å². The van der Waals surface area contributed by atoms with Crippen LogP contribution in [0, 0.1) is 0 Å². The number of imide groups is 1. The molecule has 0 bridgehead atoms. The SMILES string of the molecule is CC(C)[Si](Oc1ccc([C@@H](CO)C(=O)N2C(=O)OC[C@H]2Cc2ccccc2)cc1)(C(C)C)C(C)C. The highest BCUT2D eigenvalue weighted by molar-refractivity contribution is 6.78. The lowest BCUT2D eigenvalue weighted by Gasteiger charge is -2.42. The summed E-state index contributed by atoms with van der Waals surface area (Å²) in [4.78, 5) is 27.0. The lowest BCUT2D eigenvalue weighted by atomic mass is 9.97. The molecule has 35 heavy (non-hydrogen) atoms. The number of rotatable bonds is 10. The van der Waals surface area contributed by atoms with E-state index in [9.17, 15) is 14.7 Å². The van der Waals surface area contributed by atoms with Crippen LogP contribution in [0.25, 0.3) is 0 Å². The van der Waals surface area contributed by atoms with Crippen molar-refractivity contribution in [3.63, 3.8) is 0 Å². The van der Waals surface area contributed by atoms with Crippen LogP contribution in [0.2, 0.25) is 16.6 Å². The summed E-state index contributed by atoms with van der Waals surface area (Å²) in [5.74, 6) is -0.515. The molecule has 1 heterocycles. The van der Waals surface area contributed by atoms with Crippen LogP contribution in [0.1, 0.15) is 58.6 Å². The van der Waals surface area contributed by atoms with Gasteiger partial charge in [0.05, 0.1) is 18.6 Å². The van der Waals surface area contributed by atoms with E-state index < -0.39 is 38.9 Å². The largest absolute Gasteiger partial charge is 0.543 e. The monoisotopic (exact) mass is 497 g/mol. The van der Waals surface area contributed by atoms with E-state index in [0.29, 0.717) is 28.6 Å². The summed E-state index contributed by atoms with van der Waals surface area (Å²) in [5, 5.41) is 10.1. The first-order chi connectivity index (χ1) is 16.6. The quantitative estimate of drug-likeness (QED) is 0.413. The van der Waals surface area contributed by atoms with Gasteiger partial charge in [0.25, 0.3) is 8.32 Å². The minimum atomic E-state index is -2.11. The third kappa shape index (κ3) is 5.62. The summed E-state index contributed by atoms with van der Waals surface area (Å²) in [6.07, 6.45) is -0.147. The van der Waals surface area contributed by atoms with E-state index in [4.69, 9.17) is 9.16 Å². The fourth-order valence-electron chi connectivity index (χ4n) is 5.59. The number of benzene rings is 2. The molecule has 0 radical (unpaired) electrons. The van der Waals surface area contributed by atoms with Gasteiger partial charge < -0.3 is 14.3 Å². The molecule has 2 aromatic rings. The van der Waals surface area contributed by atoms with Gasteiger partial charge in [-0.3, -0.25) is 4.79 Å². The Morgan fingerprint density at radius 1 is 1.00 bits per heavy atom. The van der Waals surface area contributed by atoms with Gasteiger partial charge in [-0.2, -0.15) is 0 Å². The number of nitrogens with zero attached hydrogens (tertiary/aromatic N) is 1. The number of ether oxygens (including phenoxy) is 1. The summed E-state index contributed by atoms with van der Waals surface area (Å²) in [6, 6.07) is 16.7. The van der Waals surface area contributed by atoms with E-state index in [-0.39, 0.29) is 6.61 Å². The summed E-state index contributed by atoms with van der Waals surface area (Å²) < 4.78 is 11.9. The Labute approximate surface area is 210 Å². The fraction of sp³-hybridized carbons (Fsp3) is 0.500. The van der Waals surface area contributed by atoms with E-state index in [1.54, 1.807) is 0 Å². The molecule has 0 aliphatic carbocycles. The van der Waals surface area contributed by atoms with Crippen LogP contribution in [0.15, 0.2) is 54.6 Å². The first-order valence-electron chi connectivity index (χ1n) is 12.5. The number of amides is 2. The number of aliphatic hydroxyl groups is 1. The van der Waals surface area contributed by atoms with Crippen molar-refractivity contribution in [2.75, 3.05) is 13.2 Å². The van der Waals surface area contributed by atoms with Crippen LogP contribution >= 0.6 is 0 Å². The molecule has 1 fully saturated rings. The Bertz CT molecular complexity index is 968. The second-order valence-electron chi connectivity index (χ2n) is 10.4. The van der Waals surface area contributed by atoms with Crippen molar-refractivity contribution < 1.29 is 23.9 Å². The van der Waals surface area contributed by atoms with Crippen molar-refractivity contribution in [3.05, 3.63) is 65.7 Å². The van der Waals surface area contributed by atoms with E-state index in [0.717, 1.165) is 11.3 Å². The van der Waals surface area contributed by atoms with Crippen LogP contribution in [-0.4, -0.2) is 49.6 Å². The lowest BCUT2D eigenvalue weighted by molar-refractivity contribution is -0.131. The topological polar surface area (TPSA) is 76.1 Å². The molecule has 2 amide bonds. The third-order valence-electron chi connectivity index (χ3n) is 7.28. The Hall–Kier alpha value is -2.64. The zero-order valence-corrected chi connectivity index (χ0v) is 22.7. The molecule has 0 spiro atoms. The Kier molecular flexibility index (Phi) is 8.78. The molecule has 190 valence electrons. The van der Waals surface area contributed by atoms with Gasteiger partial charge in [0.15, 0.2) is 0 Å². The molecule has 1 saturated heterocycles. The van der Waals surface area contributed by atoms with Crippen molar-refractivity contribution in [2.24, 2.45) is 0 Å². The van der Waals surface area contributed by atoms with Crippen LogP contribution < -0.4 is 4.43 Å². The molecule has 6 nitrogen and oxygen atoms in total. The van der Waals surface area contributed by atoms with Gasteiger partial charge in [0.1, 0.15) is 12.4 Å². The maximum Gasteiger partial charge on any atom is 0.417 e. The fourth-order valence-corrected chi connectivity index (χ4v) is 10.8. The first kappa shape index (κ1) is 27.0. The summed E-state index contributed by atoms with van der Waals surface area (Å²) >= 11 is 0. The highest BCUT2D eigenvalue weighted by atomic mass is 28.4. The zero-order chi connectivity index (χ0) is 25.8. The number of cyclic esters (lactones) is 1. The smallest absolute Gasteiger partial charge is 0.417 e. The number of hydrogen-bond donors (Lipinski definition) is 1. The van der Waals surface area contributed by atoms with Gasteiger partial charge in [-0.05, 0) is 46.3 Å². The minimum Gasteiger partial charge on any atom is -0.543 e. The van der Waals surface area contributed by atoms with Gasteiger partial charge in [0.2, 0.25) is 5.91 Å². The molecular weight excluding hydrogens is 458 g/mol. The second-order valence-corrected chi connectivity index (χ2v) is 15.7. The lowest BCUT2D eigenvalue weighted by Crippen LogP contribution is -2.50. The van der Waals surface area contributed by atoms with Gasteiger partial charge in [-0.1, -0.05) is 84.0 Å². The first-order valence-corrected chi connectivity index (χ1v) is 14.7. The van der Waals surface area contributed by atoms with Crippen LogP contribution in [0.4, 0.5) is 4.79 Å². The molecule has 1 N–H and O–H groups in total. The van der Waals surface area contributed by atoms with Gasteiger partial charge in [-0.25, -0.2) is 9.69 Å². The molecule has 2 atom stereocenters. The van der Waals surface area contributed by atoms with Crippen molar-refractivity contribution in [1.29, 1.82) is 0 Å². The zero-order valence-electron chi connectivity index (χ0n) is 21.7. The van der Waals surface area contributed by atoms with Crippen LogP contribution in [0.3, 0.4) is 0 Å². The minimum absolute atomic E-state index is 0.150. The second kappa shape index (κ2) is 11.4. The van der Waals surface area contributed by atoms with Gasteiger partial charge in [0, 0.05) is 0 Å². The van der Waals surface area contributed by atoms with Gasteiger partial charge >= 0.3 is 6.09 Å². The third-order valence-corrected chi connectivity index (χ3v) is 13.3.